The van der Waals surface area contributed by atoms with E-state index in [0.29, 0.717) is 0 Å². The highest BCUT2D eigenvalue weighted by Crippen LogP contribution is 2.25. The second-order valence-corrected chi connectivity index (χ2v) is 10.0. The molecule has 19 heavy (non-hydrogen) atoms. The summed E-state index contributed by atoms with van der Waals surface area (Å²) in [5, 5.41) is 0. The van der Waals surface area contributed by atoms with Crippen LogP contribution in [0.1, 0.15) is 40.2 Å². The van der Waals surface area contributed by atoms with Gasteiger partial charge in [0.25, 0.3) is 0 Å². The normalized spacial score (nSPS) is 14.5. The van der Waals surface area contributed by atoms with E-state index in [-0.39, 0.29) is 6.10 Å². The van der Waals surface area contributed by atoms with Crippen LogP contribution < -0.4 is 0 Å². The Hall–Kier alpha value is -0.863. The maximum atomic E-state index is 6.49. The lowest BCUT2D eigenvalue weighted by Gasteiger charge is -2.32. The molecule has 2 heteroatoms. The van der Waals surface area contributed by atoms with Crippen molar-refractivity contribution in [3.05, 3.63) is 41.5 Å². The number of rotatable bonds is 7. The van der Waals surface area contributed by atoms with Gasteiger partial charge in [-0.25, -0.2) is 0 Å². The molecule has 1 aromatic carbocycles. The van der Waals surface area contributed by atoms with Crippen molar-refractivity contribution in [2.75, 3.05) is 0 Å². The maximum Gasteiger partial charge on any atom is 0.192 e. The summed E-state index contributed by atoms with van der Waals surface area (Å²) in [7, 11) is -1.50. The van der Waals surface area contributed by atoms with E-state index in [1.165, 1.54) is 29.3 Å². The zero-order chi connectivity index (χ0) is 14.3. The molecule has 0 amide bonds. The quantitative estimate of drug-likeness (QED) is 0.597. The van der Waals surface area contributed by atoms with Gasteiger partial charge in [0.15, 0.2) is 8.32 Å². The van der Waals surface area contributed by atoms with Crippen molar-refractivity contribution in [1.82, 2.24) is 0 Å². The van der Waals surface area contributed by atoms with Crippen molar-refractivity contribution >= 4 is 14.4 Å². The van der Waals surface area contributed by atoms with E-state index < -0.39 is 8.32 Å². The lowest BCUT2D eigenvalue weighted by molar-refractivity contribution is 0.241. The van der Waals surface area contributed by atoms with E-state index >= 15 is 0 Å². The van der Waals surface area contributed by atoms with Crippen molar-refractivity contribution < 1.29 is 4.43 Å². The molecule has 1 nitrogen and oxygen atoms in total. The smallest absolute Gasteiger partial charge is 0.192 e. The summed E-state index contributed by atoms with van der Waals surface area (Å²) < 4.78 is 6.49. The van der Waals surface area contributed by atoms with Gasteiger partial charge in [-0.1, -0.05) is 57.2 Å². The molecule has 0 aliphatic heterocycles. The first-order chi connectivity index (χ1) is 9.06. The predicted octanol–water partition coefficient (Wildman–Crippen LogP) is 5.50. The molecule has 0 fully saturated rings. The van der Waals surface area contributed by atoms with Crippen LogP contribution in [0.4, 0.5) is 0 Å². The molecular weight excluding hydrogens is 248 g/mol. The molecule has 0 saturated heterocycles. The first kappa shape index (κ1) is 16.2. The van der Waals surface area contributed by atoms with Crippen LogP contribution in [0.3, 0.4) is 0 Å². The summed E-state index contributed by atoms with van der Waals surface area (Å²) in [6, 6.07) is 14.1. The summed E-state index contributed by atoms with van der Waals surface area (Å²) in [6.07, 6.45) is 2.47. The molecule has 0 N–H and O–H groups in total. The van der Waals surface area contributed by atoms with Crippen LogP contribution in [0.15, 0.2) is 35.9 Å². The fraction of sp³-hybridized carbons (Fsp3) is 0.529. The highest BCUT2D eigenvalue weighted by atomic mass is 28.4. The Balaban J connectivity index is 2.77. The second-order valence-electron chi connectivity index (χ2n) is 5.30. The van der Waals surface area contributed by atoms with Crippen molar-refractivity contribution in [2.24, 2.45) is 0 Å². The standard InChI is InChI=1S/C17H28OSi/c1-6-19(7-2,8-3)18-16(5)15(4)14-17-12-10-9-11-13-17/h9-14,16H,6-8H2,1-5H3/b15-14+. The molecule has 1 unspecified atom stereocenters. The third kappa shape index (κ3) is 4.63. The van der Waals surface area contributed by atoms with Gasteiger partial charge in [-0.3, -0.25) is 0 Å². The van der Waals surface area contributed by atoms with Gasteiger partial charge in [-0.2, -0.15) is 0 Å². The van der Waals surface area contributed by atoms with Crippen molar-refractivity contribution in [3.8, 4) is 0 Å². The number of hydrogen-bond acceptors (Lipinski definition) is 1. The van der Waals surface area contributed by atoms with Crippen LogP contribution in [0, 0.1) is 0 Å². The van der Waals surface area contributed by atoms with Crippen molar-refractivity contribution in [2.45, 2.75) is 58.9 Å². The van der Waals surface area contributed by atoms with Crippen LogP contribution in [0.2, 0.25) is 18.1 Å². The Bertz CT molecular complexity index is 385. The zero-order valence-corrected chi connectivity index (χ0v) is 14.1. The lowest BCUT2D eigenvalue weighted by atomic mass is 10.1. The molecule has 106 valence electrons. The molecule has 1 atom stereocenters. The first-order valence-electron chi connectivity index (χ1n) is 7.48. The van der Waals surface area contributed by atoms with Crippen LogP contribution in [0.5, 0.6) is 0 Å². The third-order valence-corrected chi connectivity index (χ3v) is 8.91. The molecule has 1 aromatic rings. The van der Waals surface area contributed by atoms with E-state index in [0.717, 1.165) is 0 Å². The first-order valence-corrected chi connectivity index (χ1v) is 10.0. The predicted molar refractivity (Wildman–Crippen MR) is 87.8 cm³/mol. The van der Waals surface area contributed by atoms with Gasteiger partial charge in [-0.05, 0) is 43.1 Å². The maximum absolute atomic E-state index is 6.49. The summed E-state index contributed by atoms with van der Waals surface area (Å²) in [5.74, 6) is 0. The van der Waals surface area contributed by atoms with Gasteiger partial charge in [0.05, 0.1) is 6.10 Å². The van der Waals surface area contributed by atoms with E-state index in [9.17, 15) is 0 Å². The molecule has 0 aromatic heterocycles. The van der Waals surface area contributed by atoms with Crippen LogP contribution in [-0.2, 0) is 4.43 Å². The minimum atomic E-state index is -1.50. The number of benzene rings is 1. The average molecular weight is 276 g/mol. The molecule has 0 aliphatic rings. The lowest BCUT2D eigenvalue weighted by Crippen LogP contribution is -2.39. The largest absolute Gasteiger partial charge is 0.411 e. The van der Waals surface area contributed by atoms with E-state index in [1.54, 1.807) is 0 Å². The minimum absolute atomic E-state index is 0.228. The molecule has 0 heterocycles. The van der Waals surface area contributed by atoms with Crippen LogP contribution in [-0.4, -0.2) is 14.4 Å². The van der Waals surface area contributed by atoms with Gasteiger partial charge in [0, 0.05) is 0 Å². The molecule has 0 bridgehead atoms. The second kappa shape index (κ2) is 7.66. The molecular formula is C17H28OSi. The summed E-state index contributed by atoms with van der Waals surface area (Å²) in [6.45, 7) is 11.2. The zero-order valence-electron chi connectivity index (χ0n) is 13.1. The van der Waals surface area contributed by atoms with E-state index in [1.807, 2.05) is 0 Å². The van der Waals surface area contributed by atoms with Crippen molar-refractivity contribution in [3.63, 3.8) is 0 Å². The van der Waals surface area contributed by atoms with E-state index in [2.05, 4.69) is 71.0 Å². The molecule has 0 saturated carbocycles. The number of hydrogen-bond donors (Lipinski definition) is 0. The van der Waals surface area contributed by atoms with E-state index in [4.69, 9.17) is 4.43 Å². The Morgan fingerprint density at radius 2 is 1.63 bits per heavy atom. The van der Waals surface area contributed by atoms with Crippen LogP contribution in [0.25, 0.3) is 6.08 Å². The Morgan fingerprint density at radius 1 is 1.11 bits per heavy atom. The Labute approximate surface area is 119 Å². The van der Waals surface area contributed by atoms with Crippen LogP contribution >= 0.6 is 0 Å². The molecule has 0 aliphatic carbocycles. The highest BCUT2D eigenvalue weighted by Gasteiger charge is 2.30. The third-order valence-electron chi connectivity index (χ3n) is 4.19. The fourth-order valence-electron chi connectivity index (χ4n) is 2.40. The molecule has 0 radical (unpaired) electrons. The average Bonchev–Trinajstić information content (AvgIpc) is 2.45. The van der Waals surface area contributed by atoms with Crippen molar-refractivity contribution in [1.29, 1.82) is 0 Å². The molecule has 0 spiro atoms. The monoisotopic (exact) mass is 276 g/mol. The van der Waals surface area contributed by atoms with Gasteiger partial charge in [0.1, 0.15) is 0 Å². The van der Waals surface area contributed by atoms with Gasteiger partial charge < -0.3 is 4.43 Å². The van der Waals surface area contributed by atoms with Gasteiger partial charge in [-0.15, -0.1) is 0 Å². The Kier molecular flexibility index (Phi) is 6.53. The fourth-order valence-corrected chi connectivity index (χ4v) is 5.33. The van der Waals surface area contributed by atoms with Gasteiger partial charge >= 0.3 is 0 Å². The molecule has 1 rings (SSSR count). The summed E-state index contributed by atoms with van der Waals surface area (Å²) in [4.78, 5) is 0. The topological polar surface area (TPSA) is 9.23 Å². The Morgan fingerprint density at radius 3 is 2.11 bits per heavy atom. The summed E-state index contributed by atoms with van der Waals surface area (Å²) >= 11 is 0. The summed E-state index contributed by atoms with van der Waals surface area (Å²) in [5.41, 5.74) is 2.57. The SMILES string of the molecule is CC[Si](CC)(CC)OC(C)/C(C)=C/c1ccccc1. The minimum Gasteiger partial charge on any atom is -0.411 e. The van der Waals surface area contributed by atoms with Gasteiger partial charge in [0.2, 0.25) is 0 Å². The highest BCUT2D eigenvalue weighted by molar-refractivity contribution is 6.73.